The molecule has 1 fully saturated rings. The van der Waals surface area contributed by atoms with E-state index in [0.717, 1.165) is 31.4 Å². The number of nitrogens with two attached hydrogens (primary N) is 1. The molecule has 3 N–H and O–H groups in total. The summed E-state index contributed by atoms with van der Waals surface area (Å²) >= 11 is 0. The fraction of sp³-hybridized carbons (Fsp3) is 0.500. The van der Waals surface area contributed by atoms with E-state index >= 15 is 0 Å². The summed E-state index contributed by atoms with van der Waals surface area (Å²) in [5.41, 5.74) is 6.27. The minimum atomic E-state index is -0.270. The van der Waals surface area contributed by atoms with Gasteiger partial charge in [-0.3, -0.25) is 4.79 Å². The zero-order chi connectivity index (χ0) is 12.8. The van der Waals surface area contributed by atoms with Gasteiger partial charge < -0.3 is 15.8 Å². The maximum absolute atomic E-state index is 11.8. The number of rotatable bonds is 5. The lowest BCUT2D eigenvalue weighted by atomic mass is 10.0. The molecule has 0 unspecified atom stereocenters. The Morgan fingerprint density at radius 1 is 1.28 bits per heavy atom. The molecule has 1 aromatic rings. The molecule has 1 saturated carbocycles. The third-order valence-corrected chi connectivity index (χ3v) is 3.45. The quantitative estimate of drug-likeness (QED) is 0.836. The Morgan fingerprint density at radius 3 is 2.56 bits per heavy atom. The van der Waals surface area contributed by atoms with Gasteiger partial charge in [-0.15, -0.1) is 0 Å². The van der Waals surface area contributed by atoms with Gasteiger partial charge in [0.2, 0.25) is 5.91 Å². The summed E-state index contributed by atoms with van der Waals surface area (Å²) in [6, 6.07) is 9.38. The van der Waals surface area contributed by atoms with Crippen molar-refractivity contribution in [2.24, 2.45) is 5.73 Å². The molecular weight excluding hydrogens is 228 g/mol. The highest BCUT2D eigenvalue weighted by Gasteiger charge is 2.33. The lowest BCUT2D eigenvalue weighted by Gasteiger charge is -2.27. The summed E-state index contributed by atoms with van der Waals surface area (Å²) < 4.78 is 5.74. The van der Waals surface area contributed by atoms with Crippen molar-refractivity contribution in [1.29, 1.82) is 0 Å². The maximum atomic E-state index is 11.8. The number of carbonyl (C=O) groups is 1. The number of hydrogen-bond donors (Lipinski definition) is 2. The van der Waals surface area contributed by atoms with E-state index in [1.807, 2.05) is 30.3 Å². The van der Waals surface area contributed by atoms with E-state index in [1.54, 1.807) is 0 Å². The van der Waals surface area contributed by atoms with Crippen molar-refractivity contribution in [1.82, 2.24) is 0 Å². The number of para-hydroxylation sites is 1. The Hall–Kier alpha value is -1.39. The predicted molar refractivity (Wildman–Crippen MR) is 71.3 cm³/mol. The average molecular weight is 248 g/mol. The van der Waals surface area contributed by atoms with Crippen molar-refractivity contribution >= 4 is 11.6 Å². The van der Waals surface area contributed by atoms with Gasteiger partial charge in [0.25, 0.3) is 0 Å². The first-order chi connectivity index (χ1) is 8.74. The Morgan fingerprint density at radius 2 is 1.94 bits per heavy atom. The van der Waals surface area contributed by atoms with Crippen LogP contribution in [0.5, 0.6) is 0 Å². The van der Waals surface area contributed by atoms with Gasteiger partial charge in [0.15, 0.2) is 0 Å². The van der Waals surface area contributed by atoms with Crippen LogP contribution in [0.1, 0.15) is 25.7 Å². The molecule has 98 valence electrons. The lowest BCUT2D eigenvalue weighted by Crippen LogP contribution is -2.40. The fourth-order valence-electron chi connectivity index (χ4n) is 2.36. The minimum Gasteiger partial charge on any atom is -0.364 e. The van der Waals surface area contributed by atoms with Gasteiger partial charge in [-0.2, -0.15) is 0 Å². The second-order valence-electron chi connectivity index (χ2n) is 4.80. The van der Waals surface area contributed by atoms with E-state index < -0.39 is 0 Å². The number of ether oxygens (including phenoxy) is 1. The number of nitrogens with one attached hydrogen (secondary N) is 1. The summed E-state index contributed by atoms with van der Waals surface area (Å²) in [5, 5.41) is 2.80. The van der Waals surface area contributed by atoms with Crippen molar-refractivity contribution in [2.45, 2.75) is 31.3 Å². The van der Waals surface area contributed by atoms with Crippen LogP contribution in [0.15, 0.2) is 30.3 Å². The van der Waals surface area contributed by atoms with Gasteiger partial charge in [-0.05, 0) is 25.0 Å². The third kappa shape index (κ3) is 3.31. The number of hydrogen-bond acceptors (Lipinski definition) is 3. The van der Waals surface area contributed by atoms with Crippen LogP contribution in [-0.2, 0) is 9.53 Å². The molecule has 1 aliphatic rings. The van der Waals surface area contributed by atoms with Gasteiger partial charge >= 0.3 is 0 Å². The van der Waals surface area contributed by atoms with Gasteiger partial charge in [-0.1, -0.05) is 31.0 Å². The van der Waals surface area contributed by atoms with Gasteiger partial charge in [0, 0.05) is 12.2 Å². The molecule has 2 rings (SSSR count). The Balaban J connectivity index is 1.81. The van der Waals surface area contributed by atoms with E-state index in [0.29, 0.717) is 6.54 Å². The molecule has 0 saturated heterocycles. The van der Waals surface area contributed by atoms with Crippen LogP contribution in [0.2, 0.25) is 0 Å². The van der Waals surface area contributed by atoms with Gasteiger partial charge in [0.05, 0.1) is 5.60 Å². The largest absolute Gasteiger partial charge is 0.364 e. The maximum Gasteiger partial charge on any atom is 0.250 e. The monoisotopic (exact) mass is 248 g/mol. The van der Waals surface area contributed by atoms with E-state index in [2.05, 4.69) is 5.32 Å². The molecular formula is C14H20N2O2. The van der Waals surface area contributed by atoms with Crippen molar-refractivity contribution in [3.8, 4) is 0 Å². The number of amides is 1. The molecule has 0 atom stereocenters. The van der Waals surface area contributed by atoms with Crippen molar-refractivity contribution in [2.75, 3.05) is 18.5 Å². The van der Waals surface area contributed by atoms with E-state index in [1.165, 1.54) is 0 Å². The summed E-state index contributed by atoms with van der Waals surface area (Å²) in [4.78, 5) is 11.8. The molecule has 4 heteroatoms. The van der Waals surface area contributed by atoms with Crippen LogP contribution >= 0.6 is 0 Å². The van der Waals surface area contributed by atoms with Crippen molar-refractivity contribution in [3.63, 3.8) is 0 Å². The van der Waals surface area contributed by atoms with Crippen LogP contribution in [-0.4, -0.2) is 24.7 Å². The highest BCUT2D eigenvalue weighted by molar-refractivity contribution is 5.91. The highest BCUT2D eigenvalue weighted by Crippen LogP contribution is 2.32. The zero-order valence-electron chi connectivity index (χ0n) is 10.5. The van der Waals surface area contributed by atoms with E-state index in [9.17, 15) is 4.79 Å². The molecule has 0 spiro atoms. The van der Waals surface area contributed by atoms with Gasteiger partial charge in [0.1, 0.15) is 6.61 Å². The fourth-order valence-corrected chi connectivity index (χ4v) is 2.36. The Kier molecular flexibility index (Phi) is 4.33. The molecule has 18 heavy (non-hydrogen) atoms. The molecule has 0 bridgehead atoms. The van der Waals surface area contributed by atoms with Crippen LogP contribution < -0.4 is 11.1 Å². The zero-order valence-corrected chi connectivity index (χ0v) is 10.5. The number of carbonyl (C=O) groups excluding carboxylic acids is 1. The molecule has 1 aromatic carbocycles. The highest BCUT2D eigenvalue weighted by atomic mass is 16.5. The first kappa shape index (κ1) is 13.1. The molecule has 0 aromatic heterocycles. The molecule has 1 amide bonds. The van der Waals surface area contributed by atoms with Crippen molar-refractivity contribution in [3.05, 3.63) is 30.3 Å². The normalized spacial score (nSPS) is 17.6. The summed E-state index contributed by atoms with van der Waals surface area (Å²) in [5.74, 6) is -0.124. The minimum absolute atomic E-state index is 0.0755. The smallest absolute Gasteiger partial charge is 0.250 e. The second kappa shape index (κ2) is 5.98. The number of anilines is 1. The van der Waals surface area contributed by atoms with Gasteiger partial charge in [-0.25, -0.2) is 0 Å². The molecule has 0 aliphatic heterocycles. The van der Waals surface area contributed by atoms with Crippen LogP contribution in [0, 0.1) is 0 Å². The topological polar surface area (TPSA) is 64.3 Å². The first-order valence-electron chi connectivity index (χ1n) is 6.43. The SMILES string of the molecule is NCC1(OCC(=O)Nc2ccccc2)CCCC1. The predicted octanol–water partition coefficient (Wildman–Crippen LogP) is 1.91. The molecule has 0 heterocycles. The Labute approximate surface area is 108 Å². The first-order valence-corrected chi connectivity index (χ1v) is 6.43. The van der Waals surface area contributed by atoms with Crippen LogP contribution in [0.25, 0.3) is 0 Å². The summed E-state index contributed by atoms with van der Waals surface area (Å²) in [6.07, 6.45) is 4.19. The molecule has 0 radical (unpaired) electrons. The molecule has 1 aliphatic carbocycles. The van der Waals surface area contributed by atoms with E-state index in [-0.39, 0.29) is 18.1 Å². The summed E-state index contributed by atoms with van der Waals surface area (Å²) in [7, 11) is 0. The number of benzene rings is 1. The summed E-state index contributed by atoms with van der Waals surface area (Å²) in [6.45, 7) is 0.567. The van der Waals surface area contributed by atoms with E-state index in [4.69, 9.17) is 10.5 Å². The second-order valence-corrected chi connectivity index (χ2v) is 4.80. The standard InChI is InChI=1S/C14H20N2O2/c15-11-14(8-4-5-9-14)18-10-13(17)16-12-6-2-1-3-7-12/h1-3,6-7H,4-5,8-11,15H2,(H,16,17). The van der Waals surface area contributed by atoms with Crippen LogP contribution in [0.4, 0.5) is 5.69 Å². The Bertz CT molecular complexity index is 386. The third-order valence-electron chi connectivity index (χ3n) is 3.45. The molecule has 4 nitrogen and oxygen atoms in total. The average Bonchev–Trinajstić information content (AvgIpc) is 2.87. The van der Waals surface area contributed by atoms with Crippen LogP contribution in [0.3, 0.4) is 0 Å². The van der Waals surface area contributed by atoms with Crippen molar-refractivity contribution < 1.29 is 9.53 Å². The lowest BCUT2D eigenvalue weighted by molar-refractivity contribution is -0.127.